The average molecular weight is 242 g/mol. The van der Waals surface area contributed by atoms with Crippen LogP contribution in [0.5, 0.6) is 0 Å². The van der Waals surface area contributed by atoms with E-state index in [1.807, 2.05) is 0 Å². The van der Waals surface area contributed by atoms with E-state index in [2.05, 4.69) is 15.3 Å². The summed E-state index contributed by atoms with van der Waals surface area (Å²) in [6, 6.07) is -0.601. The molecule has 1 amide bonds. The highest BCUT2D eigenvalue weighted by molar-refractivity contribution is 5.68. The van der Waals surface area contributed by atoms with Gasteiger partial charge in [-0.25, -0.2) is 4.79 Å². The third-order valence-corrected chi connectivity index (χ3v) is 2.23. The first-order chi connectivity index (χ1) is 7.92. The van der Waals surface area contributed by atoms with E-state index >= 15 is 0 Å². The predicted octanol–water partition coefficient (Wildman–Crippen LogP) is 1.98. The molecule has 0 aromatic heterocycles. The quantitative estimate of drug-likeness (QED) is 0.455. The smallest absolute Gasteiger partial charge is 0.407 e. The molecule has 1 heterocycles. The summed E-state index contributed by atoms with van der Waals surface area (Å²) in [4.78, 5) is 14.3. The fourth-order valence-corrected chi connectivity index (χ4v) is 1.53. The standard InChI is InChI=1S/C10H18N4O3/c1-10(2,3)17-9(15)12-7-4-5-16-6-8(7)13-14-11/h7-8H,4-6H2,1-3H3,(H,12,15)/t7-,8+/m1/s1. The van der Waals surface area contributed by atoms with Gasteiger partial charge in [0.05, 0.1) is 12.6 Å². The van der Waals surface area contributed by atoms with E-state index in [0.717, 1.165) is 0 Å². The molecule has 0 spiro atoms. The molecule has 1 rings (SSSR count). The summed E-state index contributed by atoms with van der Waals surface area (Å²) < 4.78 is 10.3. The molecule has 1 N–H and O–H groups in total. The number of rotatable bonds is 2. The summed E-state index contributed by atoms with van der Waals surface area (Å²) in [7, 11) is 0. The molecular weight excluding hydrogens is 224 g/mol. The van der Waals surface area contributed by atoms with Crippen molar-refractivity contribution in [3.05, 3.63) is 10.4 Å². The first-order valence-electron chi connectivity index (χ1n) is 5.54. The fraction of sp³-hybridized carbons (Fsp3) is 0.900. The number of carbonyl (C=O) groups excluding carboxylic acids is 1. The van der Waals surface area contributed by atoms with E-state index < -0.39 is 11.7 Å². The van der Waals surface area contributed by atoms with Gasteiger partial charge in [0.25, 0.3) is 0 Å². The number of hydrogen-bond donors (Lipinski definition) is 1. The Bertz CT molecular complexity index is 320. The first kappa shape index (κ1) is 13.6. The van der Waals surface area contributed by atoms with Crippen molar-refractivity contribution >= 4 is 6.09 Å². The highest BCUT2D eigenvalue weighted by Gasteiger charge is 2.28. The van der Waals surface area contributed by atoms with Crippen LogP contribution < -0.4 is 5.32 Å². The molecule has 0 bridgehead atoms. The van der Waals surface area contributed by atoms with Gasteiger partial charge in [-0.15, -0.1) is 0 Å². The van der Waals surface area contributed by atoms with Crippen LogP contribution >= 0.6 is 0 Å². The number of amides is 1. The minimum atomic E-state index is -0.538. The highest BCUT2D eigenvalue weighted by Crippen LogP contribution is 2.13. The fourth-order valence-electron chi connectivity index (χ4n) is 1.53. The minimum absolute atomic E-state index is 0.227. The summed E-state index contributed by atoms with van der Waals surface area (Å²) >= 11 is 0. The van der Waals surface area contributed by atoms with Crippen molar-refractivity contribution in [3.63, 3.8) is 0 Å². The van der Waals surface area contributed by atoms with E-state index in [-0.39, 0.29) is 12.1 Å². The largest absolute Gasteiger partial charge is 0.444 e. The van der Waals surface area contributed by atoms with Crippen LogP contribution in [-0.2, 0) is 9.47 Å². The Labute approximate surface area is 100 Å². The van der Waals surface area contributed by atoms with E-state index in [4.69, 9.17) is 15.0 Å². The van der Waals surface area contributed by atoms with Crippen molar-refractivity contribution in [3.8, 4) is 0 Å². The number of nitrogens with zero attached hydrogens (tertiary/aromatic N) is 3. The third-order valence-electron chi connectivity index (χ3n) is 2.23. The van der Waals surface area contributed by atoms with E-state index in [1.165, 1.54) is 0 Å². The van der Waals surface area contributed by atoms with Gasteiger partial charge in [-0.2, -0.15) is 0 Å². The van der Waals surface area contributed by atoms with Crippen molar-refractivity contribution in [1.29, 1.82) is 0 Å². The lowest BCUT2D eigenvalue weighted by molar-refractivity contribution is 0.0343. The number of hydrogen-bond acceptors (Lipinski definition) is 4. The summed E-state index contributed by atoms with van der Waals surface area (Å²) in [5, 5.41) is 6.30. The molecule has 0 radical (unpaired) electrons. The molecule has 1 aliphatic heterocycles. The van der Waals surface area contributed by atoms with Crippen LogP contribution in [-0.4, -0.2) is 37.0 Å². The maximum atomic E-state index is 11.6. The molecule has 0 aliphatic carbocycles. The Balaban J connectivity index is 2.53. The highest BCUT2D eigenvalue weighted by atomic mass is 16.6. The maximum absolute atomic E-state index is 11.6. The summed E-state index contributed by atoms with van der Waals surface area (Å²) in [5.74, 6) is 0. The summed E-state index contributed by atoms with van der Waals surface area (Å²) in [6.45, 7) is 6.24. The van der Waals surface area contributed by atoms with Crippen molar-refractivity contribution in [1.82, 2.24) is 5.32 Å². The van der Waals surface area contributed by atoms with Crippen LogP contribution in [0, 0.1) is 0 Å². The zero-order valence-corrected chi connectivity index (χ0v) is 10.3. The Morgan fingerprint density at radius 1 is 1.59 bits per heavy atom. The molecule has 0 aromatic carbocycles. The lowest BCUT2D eigenvalue weighted by Gasteiger charge is -2.30. The van der Waals surface area contributed by atoms with Crippen molar-refractivity contribution < 1.29 is 14.3 Å². The SMILES string of the molecule is CC(C)(C)OC(=O)N[C@@H]1CCOC[C@@H]1N=[N+]=[N-]. The molecule has 17 heavy (non-hydrogen) atoms. The number of nitrogens with one attached hydrogen (secondary N) is 1. The van der Waals surface area contributed by atoms with Gasteiger partial charge in [0.15, 0.2) is 0 Å². The van der Waals surface area contributed by atoms with Crippen LogP contribution in [0.3, 0.4) is 0 Å². The van der Waals surface area contributed by atoms with Crippen LogP contribution in [0.2, 0.25) is 0 Å². The first-order valence-corrected chi connectivity index (χ1v) is 5.54. The van der Waals surface area contributed by atoms with E-state index in [0.29, 0.717) is 19.6 Å². The molecule has 0 aromatic rings. The van der Waals surface area contributed by atoms with Crippen LogP contribution in [0.15, 0.2) is 5.11 Å². The van der Waals surface area contributed by atoms with Gasteiger partial charge >= 0.3 is 6.09 Å². The average Bonchev–Trinajstić information content (AvgIpc) is 2.18. The van der Waals surface area contributed by atoms with Gasteiger partial charge in [0, 0.05) is 17.6 Å². The van der Waals surface area contributed by atoms with Crippen molar-refractivity contribution in [2.75, 3.05) is 13.2 Å². The zero-order valence-electron chi connectivity index (χ0n) is 10.3. The van der Waals surface area contributed by atoms with Gasteiger partial charge < -0.3 is 14.8 Å². The second-order valence-electron chi connectivity index (χ2n) is 4.89. The van der Waals surface area contributed by atoms with Crippen molar-refractivity contribution in [2.45, 2.75) is 44.9 Å². The third kappa shape index (κ3) is 4.93. The van der Waals surface area contributed by atoms with E-state index in [9.17, 15) is 4.79 Å². The Kier molecular flexibility index (Phi) is 4.60. The lowest BCUT2D eigenvalue weighted by atomic mass is 10.1. The molecule has 0 unspecified atom stereocenters. The minimum Gasteiger partial charge on any atom is -0.444 e. The summed E-state index contributed by atoms with van der Waals surface area (Å²) in [6.07, 6.45) is 0.116. The van der Waals surface area contributed by atoms with Gasteiger partial charge in [0.2, 0.25) is 0 Å². The second kappa shape index (κ2) is 5.75. The Morgan fingerprint density at radius 3 is 2.88 bits per heavy atom. The molecule has 2 atom stereocenters. The predicted molar refractivity (Wildman–Crippen MR) is 61.5 cm³/mol. The molecule has 0 saturated carbocycles. The number of ether oxygens (including phenoxy) is 2. The lowest BCUT2D eigenvalue weighted by Crippen LogP contribution is -2.49. The monoisotopic (exact) mass is 242 g/mol. The molecule has 1 saturated heterocycles. The summed E-state index contributed by atoms with van der Waals surface area (Å²) in [5.41, 5.74) is 7.88. The molecule has 1 fully saturated rings. The normalized spacial score (nSPS) is 24.6. The number of alkyl carbamates (subject to hydrolysis) is 1. The molecular formula is C10H18N4O3. The van der Waals surface area contributed by atoms with Crippen LogP contribution in [0.25, 0.3) is 10.4 Å². The van der Waals surface area contributed by atoms with Crippen LogP contribution in [0.1, 0.15) is 27.2 Å². The van der Waals surface area contributed by atoms with Crippen molar-refractivity contribution in [2.24, 2.45) is 5.11 Å². The van der Waals surface area contributed by atoms with Crippen LogP contribution in [0.4, 0.5) is 4.79 Å². The Hall–Kier alpha value is -1.46. The van der Waals surface area contributed by atoms with E-state index in [1.54, 1.807) is 20.8 Å². The van der Waals surface area contributed by atoms with Gasteiger partial charge in [-0.3, -0.25) is 0 Å². The molecule has 7 heteroatoms. The molecule has 1 aliphatic rings. The number of azide groups is 1. The molecule has 96 valence electrons. The number of carbonyl (C=O) groups is 1. The maximum Gasteiger partial charge on any atom is 0.407 e. The molecule has 7 nitrogen and oxygen atoms in total. The second-order valence-corrected chi connectivity index (χ2v) is 4.89. The van der Waals surface area contributed by atoms with Gasteiger partial charge in [0.1, 0.15) is 5.60 Å². The van der Waals surface area contributed by atoms with Gasteiger partial charge in [-0.05, 0) is 32.7 Å². The Morgan fingerprint density at radius 2 is 2.29 bits per heavy atom. The topological polar surface area (TPSA) is 96.3 Å². The zero-order chi connectivity index (χ0) is 12.9. The van der Waals surface area contributed by atoms with Gasteiger partial charge in [-0.1, -0.05) is 5.11 Å².